The lowest BCUT2D eigenvalue weighted by Gasteiger charge is -2.15. The highest BCUT2D eigenvalue weighted by Gasteiger charge is 2.11. The van der Waals surface area contributed by atoms with Gasteiger partial charge in [0, 0.05) is 29.2 Å². The number of amides is 1. The number of anilines is 1. The van der Waals surface area contributed by atoms with Crippen LogP contribution in [0.1, 0.15) is 18.7 Å². The van der Waals surface area contributed by atoms with Crippen LogP contribution in [0.3, 0.4) is 0 Å². The molecule has 2 rings (SSSR count). The van der Waals surface area contributed by atoms with Crippen molar-refractivity contribution in [2.24, 2.45) is 0 Å². The molecular formula is C18H23FN2O3S. The van der Waals surface area contributed by atoms with Gasteiger partial charge < -0.3 is 20.5 Å². The van der Waals surface area contributed by atoms with Crippen molar-refractivity contribution in [1.29, 1.82) is 0 Å². The molecule has 5 nitrogen and oxygen atoms in total. The van der Waals surface area contributed by atoms with E-state index in [4.69, 9.17) is 4.74 Å². The van der Waals surface area contributed by atoms with Crippen molar-refractivity contribution in [3.63, 3.8) is 0 Å². The van der Waals surface area contributed by atoms with E-state index in [1.165, 1.54) is 23.5 Å². The second-order valence-corrected chi connectivity index (χ2v) is 7.01. The first-order valence-electron chi connectivity index (χ1n) is 8.10. The van der Waals surface area contributed by atoms with E-state index in [0.29, 0.717) is 12.2 Å². The number of hydrogen-bond donors (Lipinski definition) is 3. The Morgan fingerprint density at radius 1 is 1.36 bits per heavy atom. The summed E-state index contributed by atoms with van der Waals surface area (Å²) in [5.41, 5.74) is 0.369. The Balaban J connectivity index is 1.84. The lowest BCUT2D eigenvalue weighted by Crippen LogP contribution is -2.35. The third-order valence-corrected chi connectivity index (χ3v) is 4.20. The molecule has 25 heavy (non-hydrogen) atoms. The summed E-state index contributed by atoms with van der Waals surface area (Å²) < 4.78 is 19.4. The summed E-state index contributed by atoms with van der Waals surface area (Å²) in [5, 5.41) is 17.4. The summed E-state index contributed by atoms with van der Waals surface area (Å²) >= 11 is 1.50. The molecule has 0 radical (unpaired) electrons. The molecule has 0 aliphatic carbocycles. The zero-order valence-corrected chi connectivity index (χ0v) is 15.1. The Kier molecular flexibility index (Phi) is 7.36. The van der Waals surface area contributed by atoms with Crippen LogP contribution in [-0.4, -0.2) is 36.3 Å². The number of thiophene rings is 1. The zero-order chi connectivity index (χ0) is 18.2. The monoisotopic (exact) mass is 366 g/mol. The Hall–Kier alpha value is -1.96. The van der Waals surface area contributed by atoms with E-state index in [-0.39, 0.29) is 30.7 Å². The van der Waals surface area contributed by atoms with Crippen LogP contribution in [0.25, 0.3) is 0 Å². The third-order valence-electron chi connectivity index (χ3n) is 3.32. The lowest BCUT2D eigenvalue weighted by molar-refractivity contribution is -0.115. The van der Waals surface area contributed by atoms with Gasteiger partial charge in [0.1, 0.15) is 12.7 Å². The molecule has 0 aliphatic heterocycles. The van der Waals surface area contributed by atoms with Crippen molar-refractivity contribution < 1.29 is 19.0 Å². The number of carbonyl (C=O) groups excluding carboxylic acids is 1. The highest BCUT2D eigenvalue weighted by Crippen LogP contribution is 2.21. The van der Waals surface area contributed by atoms with E-state index in [1.807, 2.05) is 31.4 Å². The fraction of sp³-hybridized carbons (Fsp3) is 0.389. The maximum absolute atomic E-state index is 14.1. The topological polar surface area (TPSA) is 70.6 Å². The maximum Gasteiger partial charge on any atom is 0.229 e. The van der Waals surface area contributed by atoms with Crippen LogP contribution >= 0.6 is 11.3 Å². The molecule has 0 saturated carbocycles. The minimum Gasteiger partial charge on any atom is -0.488 e. The summed E-state index contributed by atoms with van der Waals surface area (Å²) in [4.78, 5) is 12.9. The zero-order valence-electron chi connectivity index (χ0n) is 14.3. The van der Waals surface area contributed by atoms with Crippen LogP contribution in [-0.2, 0) is 11.2 Å². The van der Waals surface area contributed by atoms with E-state index >= 15 is 0 Å². The van der Waals surface area contributed by atoms with Crippen molar-refractivity contribution >= 4 is 22.9 Å². The van der Waals surface area contributed by atoms with Crippen molar-refractivity contribution in [1.82, 2.24) is 5.32 Å². The van der Waals surface area contributed by atoms with Gasteiger partial charge in [-0.15, -0.1) is 11.3 Å². The molecule has 2 aromatic rings. The van der Waals surface area contributed by atoms with E-state index in [2.05, 4.69) is 10.6 Å². The molecule has 0 bridgehead atoms. The van der Waals surface area contributed by atoms with Gasteiger partial charge in [-0.25, -0.2) is 4.39 Å². The molecule has 1 heterocycles. The molecule has 7 heteroatoms. The van der Waals surface area contributed by atoms with Crippen molar-refractivity contribution in [3.8, 4) is 5.75 Å². The third kappa shape index (κ3) is 6.81. The molecule has 0 aliphatic rings. The molecule has 1 amide bonds. The van der Waals surface area contributed by atoms with Gasteiger partial charge in [-0.1, -0.05) is 19.9 Å². The van der Waals surface area contributed by atoms with Gasteiger partial charge in [0.25, 0.3) is 0 Å². The smallest absolute Gasteiger partial charge is 0.229 e. The van der Waals surface area contributed by atoms with Gasteiger partial charge >= 0.3 is 0 Å². The minimum atomic E-state index is -0.730. The van der Waals surface area contributed by atoms with Crippen LogP contribution < -0.4 is 15.4 Å². The predicted octanol–water partition coefficient (Wildman–Crippen LogP) is 2.81. The second-order valence-electron chi connectivity index (χ2n) is 5.98. The molecule has 0 spiro atoms. The molecule has 0 fully saturated rings. The SMILES string of the molecule is CC(C)NCC(O)COc1ccc(NC(=O)Cc2cccs2)cc1F. The number of rotatable bonds is 9. The average Bonchev–Trinajstić information content (AvgIpc) is 3.04. The number of nitrogens with one attached hydrogen (secondary N) is 2. The molecule has 1 atom stereocenters. The lowest BCUT2D eigenvalue weighted by atomic mass is 10.2. The summed E-state index contributed by atoms with van der Waals surface area (Å²) in [7, 11) is 0. The number of ether oxygens (including phenoxy) is 1. The highest BCUT2D eigenvalue weighted by molar-refractivity contribution is 7.10. The molecule has 1 aromatic carbocycles. The Bertz CT molecular complexity index is 677. The first-order chi connectivity index (χ1) is 11.9. The van der Waals surface area contributed by atoms with Gasteiger partial charge in [-0.2, -0.15) is 0 Å². The van der Waals surface area contributed by atoms with Crippen LogP contribution in [0, 0.1) is 5.82 Å². The van der Waals surface area contributed by atoms with Gasteiger partial charge in [-0.05, 0) is 23.6 Å². The number of benzene rings is 1. The molecule has 1 unspecified atom stereocenters. The van der Waals surface area contributed by atoms with Crippen LogP contribution in [0.4, 0.5) is 10.1 Å². The summed E-state index contributed by atoms with van der Waals surface area (Å²) in [6.45, 7) is 4.30. The molecular weight excluding hydrogens is 343 g/mol. The first-order valence-corrected chi connectivity index (χ1v) is 8.98. The number of hydrogen-bond acceptors (Lipinski definition) is 5. The second kappa shape index (κ2) is 9.50. The van der Waals surface area contributed by atoms with Crippen LogP contribution in [0.5, 0.6) is 5.75 Å². The van der Waals surface area contributed by atoms with Crippen LogP contribution in [0.15, 0.2) is 35.7 Å². The van der Waals surface area contributed by atoms with E-state index < -0.39 is 11.9 Å². The van der Waals surface area contributed by atoms with Crippen molar-refractivity contribution in [2.75, 3.05) is 18.5 Å². The van der Waals surface area contributed by atoms with Gasteiger partial charge in [0.15, 0.2) is 11.6 Å². The Morgan fingerprint density at radius 2 is 2.16 bits per heavy atom. The molecule has 1 aromatic heterocycles. The number of halogens is 1. The van der Waals surface area contributed by atoms with Crippen molar-refractivity contribution in [3.05, 3.63) is 46.4 Å². The van der Waals surface area contributed by atoms with Crippen molar-refractivity contribution in [2.45, 2.75) is 32.4 Å². The Morgan fingerprint density at radius 3 is 2.80 bits per heavy atom. The normalized spacial score (nSPS) is 12.2. The maximum atomic E-state index is 14.1. The van der Waals surface area contributed by atoms with Gasteiger partial charge in [0.2, 0.25) is 5.91 Å². The highest BCUT2D eigenvalue weighted by atomic mass is 32.1. The quantitative estimate of drug-likeness (QED) is 0.638. The molecule has 0 saturated heterocycles. The number of aliphatic hydroxyl groups is 1. The number of aliphatic hydroxyl groups excluding tert-OH is 1. The first kappa shape index (κ1) is 19.4. The largest absolute Gasteiger partial charge is 0.488 e. The summed E-state index contributed by atoms with van der Waals surface area (Å²) in [6.07, 6.45) is -0.473. The minimum absolute atomic E-state index is 0.0132. The fourth-order valence-corrected chi connectivity index (χ4v) is 2.79. The van der Waals surface area contributed by atoms with E-state index in [0.717, 1.165) is 4.88 Å². The summed E-state index contributed by atoms with van der Waals surface area (Å²) in [6, 6.07) is 8.23. The van der Waals surface area contributed by atoms with Gasteiger partial charge in [-0.3, -0.25) is 4.79 Å². The standard InChI is InChI=1S/C18H23FN2O3S/c1-12(2)20-10-14(22)11-24-17-6-5-13(8-16(17)19)21-18(23)9-15-4-3-7-25-15/h3-8,12,14,20,22H,9-11H2,1-2H3,(H,21,23). The van der Waals surface area contributed by atoms with Crippen LogP contribution in [0.2, 0.25) is 0 Å². The average molecular weight is 366 g/mol. The predicted molar refractivity (Wildman–Crippen MR) is 97.7 cm³/mol. The van der Waals surface area contributed by atoms with E-state index in [1.54, 1.807) is 6.07 Å². The summed E-state index contributed by atoms with van der Waals surface area (Å²) in [5.74, 6) is -0.747. The molecule has 3 N–H and O–H groups in total. The Labute approximate surface area is 150 Å². The van der Waals surface area contributed by atoms with E-state index in [9.17, 15) is 14.3 Å². The van der Waals surface area contributed by atoms with Gasteiger partial charge in [0.05, 0.1) is 6.42 Å². The number of carbonyl (C=O) groups is 1. The molecule has 136 valence electrons. The fourth-order valence-electron chi connectivity index (χ4n) is 2.09.